The number of fused-ring (bicyclic) bond motifs is 1. The molecule has 1 atom stereocenters. The van der Waals surface area contributed by atoms with Crippen LogP contribution in [0, 0.1) is 6.92 Å². The maximum absolute atomic E-state index is 5.80. The fourth-order valence-corrected chi connectivity index (χ4v) is 2.48. The molecule has 1 fully saturated rings. The highest BCUT2D eigenvalue weighted by Gasteiger charge is 2.16. The molecule has 0 saturated carbocycles. The average Bonchev–Trinajstić information content (AvgIpc) is 2.71. The summed E-state index contributed by atoms with van der Waals surface area (Å²) in [5.41, 5.74) is 3.10. The van der Waals surface area contributed by atoms with E-state index in [1.54, 1.807) is 0 Å². The predicted octanol–water partition coefficient (Wildman–Crippen LogP) is 2.82. The van der Waals surface area contributed by atoms with Crippen LogP contribution in [-0.2, 0) is 6.42 Å². The summed E-state index contributed by atoms with van der Waals surface area (Å²) in [5.74, 6) is 0.866. The SMILES string of the molecule is Cc1ccc2nc(CC3CCCCN3)oc2c1. The molecule has 2 aromatic rings. The maximum atomic E-state index is 5.80. The number of aryl methyl sites for hydroxylation is 1. The van der Waals surface area contributed by atoms with Crippen LogP contribution in [-0.4, -0.2) is 17.6 Å². The average molecular weight is 230 g/mol. The van der Waals surface area contributed by atoms with Gasteiger partial charge >= 0.3 is 0 Å². The van der Waals surface area contributed by atoms with E-state index in [0.717, 1.165) is 30.0 Å². The monoisotopic (exact) mass is 230 g/mol. The van der Waals surface area contributed by atoms with Gasteiger partial charge in [-0.2, -0.15) is 0 Å². The van der Waals surface area contributed by atoms with Crippen molar-refractivity contribution in [3.8, 4) is 0 Å². The summed E-state index contributed by atoms with van der Waals surface area (Å²) in [4.78, 5) is 4.54. The zero-order valence-electron chi connectivity index (χ0n) is 10.2. The molecular weight excluding hydrogens is 212 g/mol. The van der Waals surface area contributed by atoms with Crippen LogP contribution in [0.15, 0.2) is 22.6 Å². The minimum Gasteiger partial charge on any atom is -0.441 e. The van der Waals surface area contributed by atoms with Gasteiger partial charge in [0.2, 0.25) is 0 Å². The number of hydrogen-bond donors (Lipinski definition) is 1. The van der Waals surface area contributed by atoms with Crippen molar-refractivity contribution in [2.75, 3.05) is 6.54 Å². The zero-order valence-corrected chi connectivity index (χ0v) is 10.2. The Kier molecular flexibility index (Phi) is 2.85. The van der Waals surface area contributed by atoms with Crippen molar-refractivity contribution in [2.45, 2.75) is 38.6 Å². The molecule has 17 heavy (non-hydrogen) atoms. The van der Waals surface area contributed by atoms with E-state index in [1.807, 2.05) is 6.07 Å². The van der Waals surface area contributed by atoms with Crippen LogP contribution in [0.4, 0.5) is 0 Å². The standard InChI is InChI=1S/C14H18N2O/c1-10-5-6-12-13(8-10)17-14(16-12)9-11-4-2-3-7-15-11/h5-6,8,11,15H,2-4,7,9H2,1H3. The lowest BCUT2D eigenvalue weighted by Gasteiger charge is -2.21. The molecule has 1 aromatic carbocycles. The Hall–Kier alpha value is -1.35. The van der Waals surface area contributed by atoms with Crippen molar-refractivity contribution in [1.82, 2.24) is 10.3 Å². The van der Waals surface area contributed by atoms with Gasteiger partial charge in [0.15, 0.2) is 11.5 Å². The summed E-state index contributed by atoms with van der Waals surface area (Å²) in [6.45, 7) is 3.20. The van der Waals surface area contributed by atoms with Gasteiger partial charge in [-0.15, -0.1) is 0 Å². The van der Waals surface area contributed by atoms with Gasteiger partial charge in [0.05, 0.1) is 0 Å². The largest absolute Gasteiger partial charge is 0.441 e. The number of oxazole rings is 1. The number of rotatable bonds is 2. The first-order valence-electron chi connectivity index (χ1n) is 6.41. The number of piperidine rings is 1. The smallest absolute Gasteiger partial charge is 0.197 e. The summed E-state index contributed by atoms with van der Waals surface area (Å²) in [6.07, 6.45) is 4.76. The Labute approximate surface area is 101 Å². The molecule has 3 rings (SSSR count). The first kappa shape index (κ1) is 10.8. The van der Waals surface area contributed by atoms with E-state index in [9.17, 15) is 0 Å². The fraction of sp³-hybridized carbons (Fsp3) is 0.500. The van der Waals surface area contributed by atoms with E-state index < -0.39 is 0 Å². The number of aromatic nitrogens is 1. The number of nitrogens with zero attached hydrogens (tertiary/aromatic N) is 1. The second kappa shape index (κ2) is 4.49. The molecule has 1 unspecified atom stereocenters. The molecule has 90 valence electrons. The Morgan fingerprint density at radius 3 is 3.18 bits per heavy atom. The van der Waals surface area contributed by atoms with Crippen LogP contribution < -0.4 is 5.32 Å². The lowest BCUT2D eigenvalue weighted by Crippen LogP contribution is -2.35. The zero-order chi connectivity index (χ0) is 11.7. The molecule has 1 saturated heterocycles. The molecule has 3 nitrogen and oxygen atoms in total. The van der Waals surface area contributed by atoms with Crippen molar-refractivity contribution in [3.05, 3.63) is 29.7 Å². The quantitative estimate of drug-likeness (QED) is 0.862. The Balaban J connectivity index is 1.80. The van der Waals surface area contributed by atoms with Gasteiger partial charge in [-0.05, 0) is 44.0 Å². The third-order valence-electron chi connectivity index (χ3n) is 3.42. The van der Waals surface area contributed by atoms with E-state index in [1.165, 1.54) is 24.8 Å². The summed E-state index contributed by atoms with van der Waals surface area (Å²) in [6, 6.07) is 6.71. The van der Waals surface area contributed by atoms with Crippen LogP contribution in [0.2, 0.25) is 0 Å². The Bertz CT molecular complexity index is 512. The number of hydrogen-bond acceptors (Lipinski definition) is 3. The molecule has 1 N–H and O–H groups in total. The summed E-state index contributed by atoms with van der Waals surface area (Å²) < 4.78 is 5.80. The number of benzene rings is 1. The van der Waals surface area contributed by atoms with Crippen molar-refractivity contribution < 1.29 is 4.42 Å². The highest BCUT2D eigenvalue weighted by molar-refractivity contribution is 5.73. The molecule has 1 aromatic heterocycles. The van der Waals surface area contributed by atoms with Gasteiger partial charge in [0, 0.05) is 12.5 Å². The van der Waals surface area contributed by atoms with Gasteiger partial charge in [-0.3, -0.25) is 0 Å². The van der Waals surface area contributed by atoms with E-state index in [2.05, 4.69) is 29.4 Å². The minimum atomic E-state index is 0.540. The van der Waals surface area contributed by atoms with E-state index in [0.29, 0.717) is 6.04 Å². The van der Waals surface area contributed by atoms with Crippen molar-refractivity contribution in [3.63, 3.8) is 0 Å². The van der Waals surface area contributed by atoms with Crippen LogP contribution >= 0.6 is 0 Å². The first-order chi connectivity index (χ1) is 8.31. The maximum Gasteiger partial charge on any atom is 0.197 e. The van der Waals surface area contributed by atoms with Gasteiger partial charge in [-0.25, -0.2) is 4.98 Å². The lowest BCUT2D eigenvalue weighted by molar-refractivity contribution is 0.372. The highest BCUT2D eigenvalue weighted by atomic mass is 16.3. The molecular formula is C14H18N2O. The minimum absolute atomic E-state index is 0.540. The Morgan fingerprint density at radius 2 is 2.35 bits per heavy atom. The van der Waals surface area contributed by atoms with Crippen LogP contribution in [0.25, 0.3) is 11.1 Å². The van der Waals surface area contributed by atoms with Gasteiger partial charge in [-0.1, -0.05) is 12.5 Å². The summed E-state index contributed by atoms with van der Waals surface area (Å²) in [5, 5.41) is 3.52. The van der Waals surface area contributed by atoms with Crippen LogP contribution in [0.1, 0.15) is 30.7 Å². The summed E-state index contributed by atoms with van der Waals surface area (Å²) >= 11 is 0. The van der Waals surface area contributed by atoms with E-state index in [4.69, 9.17) is 4.42 Å². The first-order valence-corrected chi connectivity index (χ1v) is 6.41. The molecule has 0 amide bonds. The molecule has 0 radical (unpaired) electrons. The topological polar surface area (TPSA) is 38.1 Å². The van der Waals surface area contributed by atoms with Crippen molar-refractivity contribution in [2.24, 2.45) is 0 Å². The van der Waals surface area contributed by atoms with E-state index in [-0.39, 0.29) is 0 Å². The molecule has 2 heterocycles. The predicted molar refractivity (Wildman–Crippen MR) is 68.1 cm³/mol. The Morgan fingerprint density at radius 1 is 1.41 bits per heavy atom. The third-order valence-corrected chi connectivity index (χ3v) is 3.42. The molecule has 0 aliphatic carbocycles. The van der Waals surface area contributed by atoms with Crippen molar-refractivity contribution >= 4 is 11.1 Å². The molecule has 1 aliphatic rings. The lowest BCUT2D eigenvalue weighted by atomic mass is 10.0. The van der Waals surface area contributed by atoms with Crippen LogP contribution in [0.3, 0.4) is 0 Å². The molecule has 3 heteroatoms. The second-order valence-electron chi connectivity index (χ2n) is 4.93. The number of nitrogens with one attached hydrogen (secondary N) is 1. The van der Waals surface area contributed by atoms with Crippen LogP contribution in [0.5, 0.6) is 0 Å². The van der Waals surface area contributed by atoms with Gasteiger partial charge in [0.1, 0.15) is 5.52 Å². The van der Waals surface area contributed by atoms with E-state index >= 15 is 0 Å². The molecule has 1 aliphatic heterocycles. The second-order valence-corrected chi connectivity index (χ2v) is 4.93. The highest BCUT2D eigenvalue weighted by Crippen LogP contribution is 2.19. The normalized spacial score (nSPS) is 20.9. The third kappa shape index (κ3) is 2.34. The molecule has 0 bridgehead atoms. The molecule has 0 spiro atoms. The van der Waals surface area contributed by atoms with Gasteiger partial charge < -0.3 is 9.73 Å². The summed E-state index contributed by atoms with van der Waals surface area (Å²) in [7, 11) is 0. The van der Waals surface area contributed by atoms with Gasteiger partial charge in [0.25, 0.3) is 0 Å². The van der Waals surface area contributed by atoms with Crippen molar-refractivity contribution in [1.29, 1.82) is 0 Å². The fourth-order valence-electron chi connectivity index (χ4n) is 2.48.